The van der Waals surface area contributed by atoms with Crippen LogP contribution in [0.5, 0.6) is 17.2 Å². The van der Waals surface area contributed by atoms with E-state index in [2.05, 4.69) is 37.3 Å². The predicted octanol–water partition coefficient (Wildman–Crippen LogP) is 6.53. The zero-order valence-electron chi connectivity index (χ0n) is 18.3. The zero-order chi connectivity index (χ0) is 21.7. The number of hydrogen-bond acceptors (Lipinski definition) is 5. The van der Waals surface area contributed by atoms with Gasteiger partial charge in [-0.2, -0.15) is 0 Å². The van der Waals surface area contributed by atoms with Gasteiger partial charge in [-0.3, -0.25) is 0 Å². The molecule has 0 amide bonds. The minimum absolute atomic E-state index is 0.579. The van der Waals surface area contributed by atoms with E-state index in [9.17, 15) is 0 Å². The third-order valence-corrected chi connectivity index (χ3v) is 7.65. The molecule has 2 aromatic heterocycles. The SMILES string of the molecule is COc1ccc(-c2cc(-c3ccc4c(c3)OCCO4)nc3sc4c(c23)CCC(C)C4)cc1. The van der Waals surface area contributed by atoms with Crippen LogP contribution in [0.25, 0.3) is 32.6 Å². The van der Waals surface area contributed by atoms with Gasteiger partial charge in [0.2, 0.25) is 0 Å². The third-order valence-electron chi connectivity index (χ3n) is 6.50. The van der Waals surface area contributed by atoms with Crippen LogP contribution in [0, 0.1) is 5.92 Å². The Morgan fingerprint density at radius 3 is 2.56 bits per heavy atom. The molecule has 162 valence electrons. The van der Waals surface area contributed by atoms with Gasteiger partial charge in [0.05, 0.1) is 12.8 Å². The van der Waals surface area contributed by atoms with Crippen LogP contribution in [0.1, 0.15) is 23.8 Å². The first-order valence-corrected chi connectivity index (χ1v) is 12.0. The summed E-state index contributed by atoms with van der Waals surface area (Å²) in [6.45, 7) is 3.53. The summed E-state index contributed by atoms with van der Waals surface area (Å²) in [6, 6.07) is 16.7. The Hall–Kier alpha value is -3.05. The molecule has 0 fully saturated rings. The number of aromatic nitrogens is 1. The van der Waals surface area contributed by atoms with Crippen molar-refractivity contribution in [3.05, 3.63) is 59.0 Å². The van der Waals surface area contributed by atoms with Crippen LogP contribution in [0.2, 0.25) is 0 Å². The molecule has 4 nitrogen and oxygen atoms in total. The summed E-state index contributed by atoms with van der Waals surface area (Å²) in [5.41, 5.74) is 5.94. The van der Waals surface area contributed by atoms with Gasteiger partial charge >= 0.3 is 0 Å². The molecule has 2 aromatic carbocycles. The Labute approximate surface area is 191 Å². The molecule has 1 aliphatic heterocycles. The highest BCUT2D eigenvalue weighted by Gasteiger charge is 2.24. The van der Waals surface area contributed by atoms with E-state index in [1.807, 2.05) is 29.5 Å². The Balaban J connectivity index is 1.56. The summed E-state index contributed by atoms with van der Waals surface area (Å²) in [4.78, 5) is 7.77. The Bertz CT molecular complexity index is 1310. The highest BCUT2D eigenvalue weighted by molar-refractivity contribution is 7.19. The van der Waals surface area contributed by atoms with E-state index in [0.29, 0.717) is 13.2 Å². The molecule has 2 aliphatic rings. The molecule has 0 saturated carbocycles. The van der Waals surface area contributed by atoms with Crippen LogP contribution in [0.3, 0.4) is 0 Å². The highest BCUT2D eigenvalue weighted by Crippen LogP contribution is 2.44. The number of thiophene rings is 1. The molecule has 1 atom stereocenters. The molecule has 0 N–H and O–H groups in total. The van der Waals surface area contributed by atoms with Crippen LogP contribution >= 0.6 is 11.3 Å². The van der Waals surface area contributed by atoms with E-state index >= 15 is 0 Å². The summed E-state index contributed by atoms with van der Waals surface area (Å²) in [5.74, 6) is 3.20. The summed E-state index contributed by atoms with van der Waals surface area (Å²) >= 11 is 1.87. The molecule has 1 unspecified atom stereocenters. The van der Waals surface area contributed by atoms with Crippen molar-refractivity contribution in [1.29, 1.82) is 0 Å². The van der Waals surface area contributed by atoms with Crippen molar-refractivity contribution in [2.45, 2.75) is 26.2 Å². The molecule has 32 heavy (non-hydrogen) atoms. The lowest BCUT2D eigenvalue weighted by molar-refractivity contribution is 0.171. The second-order valence-electron chi connectivity index (χ2n) is 8.67. The van der Waals surface area contributed by atoms with Crippen molar-refractivity contribution >= 4 is 21.6 Å². The summed E-state index contributed by atoms with van der Waals surface area (Å²) in [7, 11) is 1.70. The normalized spacial score (nSPS) is 17.2. The fourth-order valence-electron chi connectivity index (χ4n) is 4.79. The number of fused-ring (bicyclic) bond motifs is 4. The zero-order valence-corrected chi connectivity index (χ0v) is 19.1. The first-order chi connectivity index (χ1) is 15.7. The summed E-state index contributed by atoms with van der Waals surface area (Å²) < 4.78 is 16.9. The largest absolute Gasteiger partial charge is 0.497 e. The average molecular weight is 444 g/mol. The van der Waals surface area contributed by atoms with Crippen LogP contribution in [0.4, 0.5) is 0 Å². The second kappa shape index (κ2) is 7.82. The van der Waals surface area contributed by atoms with Gasteiger partial charge in [-0.25, -0.2) is 4.98 Å². The maximum absolute atomic E-state index is 5.83. The van der Waals surface area contributed by atoms with Gasteiger partial charge < -0.3 is 14.2 Å². The molecule has 0 bridgehead atoms. The number of methoxy groups -OCH3 is 1. The number of rotatable bonds is 3. The molecule has 0 saturated heterocycles. The van der Waals surface area contributed by atoms with Gasteiger partial charge in [0, 0.05) is 15.8 Å². The average Bonchev–Trinajstić information content (AvgIpc) is 3.20. The van der Waals surface area contributed by atoms with Gasteiger partial charge in [0.15, 0.2) is 11.5 Å². The monoisotopic (exact) mass is 443 g/mol. The number of benzene rings is 2. The van der Waals surface area contributed by atoms with Crippen LogP contribution in [-0.4, -0.2) is 25.3 Å². The van der Waals surface area contributed by atoms with E-state index in [1.54, 1.807) is 7.11 Å². The predicted molar refractivity (Wildman–Crippen MR) is 129 cm³/mol. The lowest BCUT2D eigenvalue weighted by Gasteiger charge is -2.19. The number of aryl methyl sites for hydroxylation is 1. The molecule has 3 heterocycles. The fraction of sp³-hybridized carbons (Fsp3) is 0.296. The fourth-order valence-corrected chi connectivity index (χ4v) is 6.20. The number of nitrogens with zero attached hydrogens (tertiary/aromatic N) is 1. The molecular formula is C27H25NO3S. The van der Waals surface area contributed by atoms with Gasteiger partial charge in [-0.05, 0) is 78.3 Å². The van der Waals surface area contributed by atoms with E-state index in [4.69, 9.17) is 19.2 Å². The van der Waals surface area contributed by atoms with E-state index < -0.39 is 0 Å². The summed E-state index contributed by atoms with van der Waals surface area (Å²) in [6.07, 6.45) is 3.52. The number of hydrogen-bond donors (Lipinski definition) is 0. The standard InChI is InChI=1S/C27H25NO3S/c1-16-3-9-20-25(13-16)32-27-26(20)21(17-4-7-19(29-2)8-5-17)15-22(28-27)18-6-10-23-24(14-18)31-12-11-30-23/h4-8,10,14-16H,3,9,11-13H2,1-2H3. The van der Waals surface area contributed by atoms with Gasteiger partial charge in [-0.15, -0.1) is 11.3 Å². The van der Waals surface area contributed by atoms with Gasteiger partial charge in [0.1, 0.15) is 23.8 Å². The summed E-state index contributed by atoms with van der Waals surface area (Å²) in [5, 5.41) is 1.32. The van der Waals surface area contributed by atoms with Gasteiger partial charge in [-0.1, -0.05) is 19.1 Å². The lowest BCUT2D eigenvalue weighted by atomic mass is 9.87. The van der Waals surface area contributed by atoms with Crippen molar-refractivity contribution in [3.63, 3.8) is 0 Å². The minimum Gasteiger partial charge on any atom is -0.497 e. The first-order valence-electron chi connectivity index (χ1n) is 11.2. The molecular weight excluding hydrogens is 418 g/mol. The molecule has 6 rings (SSSR count). The van der Waals surface area contributed by atoms with Crippen molar-refractivity contribution in [1.82, 2.24) is 4.98 Å². The molecule has 1 aliphatic carbocycles. The first kappa shape index (κ1) is 19.6. The molecule has 5 heteroatoms. The van der Waals surface area contributed by atoms with Crippen LogP contribution < -0.4 is 14.2 Å². The molecule has 4 aromatic rings. The number of pyridine rings is 1. The van der Waals surface area contributed by atoms with E-state index in [0.717, 1.165) is 52.1 Å². The minimum atomic E-state index is 0.579. The van der Waals surface area contributed by atoms with E-state index in [-0.39, 0.29) is 0 Å². The topological polar surface area (TPSA) is 40.6 Å². The Kier molecular flexibility index (Phi) is 4.80. The maximum atomic E-state index is 5.83. The lowest BCUT2D eigenvalue weighted by Crippen LogP contribution is -2.15. The Morgan fingerprint density at radius 2 is 1.75 bits per heavy atom. The maximum Gasteiger partial charge on any atom is 0.162 e. The van der Waals surface area contributed by atoms with E-state index in [1.165, 1.54) is 33.4 Å². The Morgan fingerprint density at radius 1 is 0.969 bits per heavy atom. The quantitative estimate of drug-likeness (QED) is 0.361. The molecule has 0 radical (unpaired) electrons. The second-order valence-corrected chi connectivity index (χ2v) is 9.76. The molecule has 0 spiro atoms. The van der Waals surface area contributed by atoms with Crippen molar-refractivity contribution in [2.24, 2.45) is 5.92 Å². The third kappa shape index (κ3) is 3.32. The van der Waals surface area contributed by atoms with Crippen molar-refractivity contribution in [2.75, 3.05) is 20.3 Å². The van der Waals surface area contributed by atoms with Gasteiger partial charge in [0.25, 0.3) is 0 Å². The number of ether oxygens (including phenoxy) is 3. The van der Waals surface area contributed by atoms with Crippen molar-refractivity contribution < 1.29 is 14.2 Å². The van der Waals surface area contributed by atoms with Crippen LogP contribution in [-0.2, 0) is 12.8 Å². The van der Waals surface area contributed by atoms with Crippen molar-refractivity contribution in [3.8, 4) is 39.6 Å². The highest BCUT2D eigenvalue weighted by atomic mass is 32.1. The smallest absolute Gasteiger partial charge is 0.162 e. The van der Waals surface area contributed by atoms with Crippen LogP contribution in [0.15, 0.2) is 48.5 Å².